The van der Waals surface area contributed by atoms with Crippen molar-refractivity contribution in [2.75, 3.05) is 5.32 Å². The molecule has 2 heterocycles. The van der Waals surface area contributed by atoms with Gasteiger partial charge in [-0.15, -0.1) is 0 Å². The number of hydrogen-bond donors (Lipinski definition) is 2. The zero-order valence-corrected chi connectivity index (χ0v) is 17.5. The minimum atomic E-state index is -3.79. The Labute approximate surface area is 167 Å². The van der Waals surface area contributed by atoms with Crippen LogP contribution in [0.2, 0.25) is 0 Å². The average Bonchev–Trinajstić information content (AvgIpc) is 2.92. The molecular formula is C19H22F2N4O3S. The van der Waals surface area contributed by atoms with Crippen molar-refractivity contribution in [3.8, 4) is 5.75 Å². The first-order chi connectivity index (χ1) is 13.4. The van der Waals surface area contributed by atoms with Crippen LogP contribution < -0.4 is 10.1 Å². The molecule has 0 unspecified atom stereocenters. The van der Waals surface area contributed by atoms with Gasteiger partial charge in [0.15, 0.2) is 10.8 Å². The van der Waals surface area contributed by atoms with Crippen molar-refractivity contribution >= 4 is 32.2 Å². The molecule has 2 aromatic heterocycles. The molecule has 10 heteroatoms. The summed E-state index contributed by atoms with van der Waals surface area (Å²) in [6.45, 7) is 5.44. The van der Waals surface area contributed by atoms with Crippen molar-refractivity contribution in [3.05, 3.63) is 35.5 Å². The molecule has 0 radical (unpaired) electrons. The van der Waals surface area contributed by atoms with Gasteiger partial charge in [0.2, 0.25) is 9.84 Å². The number of nitrogens with one attached hydrogen (secondary N) is 2. The number of ether oxygens (including phenoxy) is 1. The molecule has 7 nitrogen and oxygen atoms in total. The number of H-pyrrole nitrogens is 1. The lowest BCUT2D eigenvalue weighted by Gasteiger charge is -2.20. The lowest BCUT2D eigenvalue weighted by atomic mass is 10.1. The highest BCUT2D eigenvalue weighted by atomic mass is 32.2. The van der Waals surface area contributed by atoms with E-state index in [4.69, 9.17) is 0 Å². The van der Waals surface area contributed by atoms with Crippen LogP contribution in [0.3, 0.4) is 0 Å². The minimum Gasteiger partial charge on any atom is -0.435 e. The van der Waals surface area contributed by atoms with Crippen LogP contribution in [0.25, 0.3) is 10.9 Å². The highest BCUT2D eigenvalue weighted by Crippen LogP contribution is 2.34. The molecule has 0 saturated carbocycles. The zero-order chi connectivity index (χ0) is 21.6. The Balaban J connectivity index is 2.23. The minimum absolute atomic E-state index is 0.108. The Bertz CT molecular complexity index is 1170. The zero-order valence-electron chi connectivity index (χ0n) is 16.7. The molecule has 0 fully saturated rings. The standard InChI is InChI=1S/C19H22F2N4O3S/c1-10-11(2)24-25-17(10)23-15-9-16(29(26,27)19(3,4)5)22-14-8-12(28-18(20)21)6-7-13(14)15/h6-9,18H,1-5H3,(H2,22,23,24,25). The van der Waals surface area contributed by atoms with Crippen LogP contribution in [0.15, 0.2) is 29.3 Å². The van der Waals surface area contributed by atoms with Crippen molar-refractivity contribution in [1.29, 1.82) is 0 Å². The van der Waals surface area contributed by atoms with Gasteiger partial charge in [0.05, 0.1) is 16.0 Å². The Morgan fingerprint density at radius 2 is 1.86 bits per heavy atom. The number of halogens is 2. The average molecular weight is 424 g/mol. The number of aryl methyl sites for hydroxylation is 1. The number of hydrogen-bond acceptors (Lipinski definition) is 6. The van der Waals surface area contributed by atoms with Gasteiger partial charge < -0.3 is 10.1 Å². The maximum Gasteiger partial charge on any atom is 0.387 e. The van der Waals surface area contributed by atoms with E-state index in [9.17, 15) is 17.2 Å². The maximum absolute atomic E-state index is 13.0. The molecule has 0 aliphatic heterocycles. The van der Waals surface area contributed by atoms with E-state index >= 15 is 0 Å². The van der Waals surface area contributed by atoms with Gasteiger partial charge in [-0.25, -0.2) is 13.4 Å². The number of nitrogens with zero attached hydrogens (tertiary/aromatic N) is 2. The second-order valence-electron chi connectivity index (χ2n) is 7.63. The van der Waals surface area contributed by atoms with Crippen LogP contribution >= 0.6 is 0 Å². The van der Waals surface area contributed by atoms with Crippen LogP contribution in [-0.2, 0) is 9.84 Å². The van der Waals surface area contributed by atoms with E-state index in [-0.39, 0.29) is 16.3 Å². The van der Waals surface area contributed by atoms with Crippen molar-refractivity contribution in [2.45, 2.75) is 51.0 Å². The summed E-state index contributed by atoms with van der Waals surface area (Å²) in [5, 5.41) is 10.5. The largest absolute Gasteiger partial charge is 0.435 e. The molecule has 0 amide bonds. The van der Waals surface area contributed by atoms with Crippen LogP contribution in [-0.4, -0.2) is 35.0 Å². The van der Waals surface area contributed by atoms with Gasteiger partial charge in [-0.3, -0.25) is 5.10 Å². The number of aromatic nitrogens is 3. The van der Waals surface area contributed by atoms with Crippen molar-refractivity contribution in [3.63, 3.8) is 0 Å². The highest BCUT2D eigenvalue weighted by Gasteiger charge is 2.33. The quantitative estimate of drug-likeness (QED) is 0.626. The molecule has 0 saturated heterocycles. The molecule has 3 rings (SSSR count). The molecule has 2 N–H and O–H groups in total. The summed E-state index contributed by atoms with van der Waals surface area (Å²) in [5.41, 5.74) is 2.38. The number of rotatable bonds is 5. The summed E-state index contributed by atoms with van der Waals surface area (Å²) in [7, 11) is -3.79. The SMILES string of the molecule is Cc1[nH]nc(Nc2cc(S(=O)(=O)C(C)(C)C)nc3cc(OC(F)F)ccc23)c1C. The van der Waals surface area contributed by atoms with E-state index in [1.54, 1.807) is 26.8 Å². The molecule has 156 valence electrons. The summed E-state index contributed by atoms with van der Waals surface area (Å²) in [6.07, 6.45) is 0. The third-order valence-corrected chi connectivity index (χ3v) is 6.94. The summed E-state index contributed by atoms with van der Waals surface area (Å²) in [5.74, 6) is 0.421. The van der Waals surface area contributed by atoms with E-state index in [1.807, 2.05) is 13.8 Å². The molecular weight excluding hydrogens is 402 g/mol. The van der Waals surface area contributed by atoms with Gasteiger partial charge in [-0.2, -0.15) is 13.9 Å². The van der Waals surface area contributed by atoms with E-state index in [0.717, 1.165) is 11.3 Å². The second kappa shape index (κ2) is 7.25. The number of anilines is 2. The molecule has 0 aliphatic rings. The van der Waals surface area contributed by atoms with Gasteiger partial charge in [0.1, 0.15) is 5.75 Å². The van der Waals surface area contributed by atoms with Crippen LogP contribution in [0.5, 0.6) is 5.75 Å². The number of alkyl halides is 2. The van der Waals surface area contributed by atoms with Gasteiger partial charge in [0, 0.05) is 22.7 Å². The van der Waals surface area contributed by atoms with Crippen molar-refractivity contribution in [2.24, 2.45) is 0 Å². The number of aromatic amines is 1. The van der Waals surface area contributed by atoms with E-state index in [0.29, 0.717) is 16.9 Å². The number of fused-ring (bicyclic) bond motifs is 1. The third kappa shape index (κ3) is 4.02. The van der Waals surface area contributed by atoms with Crippen LogP contribution in [0, 0.1) is 13.8 Å². The molecule has 0 atom stereocenters. The van der Waals surface area contributed by atoms with Gasteiger partial charge in [-0.1, -0.05) is 0 Å². The lowest BCUT2D eigenvalue weighted by molar-refractivity contribution is -0.0497. The Morgan fingerprint density at radius 3 is 2.41 bits per heavy atom. The fraction of sp³-hybridized carbons (Fsp3) is 0.368. The Morgan fingerprint density at radius 1 is 1.17 bits per heavy atom. The Hall–Kier alpha value is -2.75. The summed E-state index contributed by atoms with van der Waals surface area (Å²) < 4.78 is 54.5. The number of pyridine rings is 1. The fourth-order valence-corrected chi connectivity index (χ4v) is 3.77. The van der Waals surface area contributed by atoms with Gasteiger partial charge in [-0.05, 0) is 52.8 Å². The number of benzene rings is 1. The van der Waals surface area contributed by atoms with Gasteiger partial charge in [0.25, 0.3) is 0 Å². The van der Waals surface area contributed by atoms with E-state index < -0.39 is 21.2 Å². The van der Waals surface area contributed by atoms with Crippen LogP contribution in [0.4, 0.5) is 20.3 Å². The topological polar surface area (TPSA) is 97.0 Å². The molecule has 0 aliphatic carbocycles. The fourth-order valence-electron chi connectivity index (χ4n) is 2.65. The van der Waals surface area contributed by atoms with Gasteiger partial charge >= 0.3 is 6.61 Å². The van der Waals surface area contributed by atoms with Crippen molar-refractivity contribution in [1.82, 2.24) is 15.2 Å². The monoisotopic (exact) mass is 424 g/mol. The normalized spacial score (nSPS) is 12.6. The lowest BCUT2D eigenvalue weighted by Crippen LogP contribution is -2.28. The predicted molar refractivity (Wildman–Crippen MR) is 107 cm³/mol. The molecule has 29 heavy (non-hydrogen) atoms. The van der Waals surface area contributed by atoms with E-state index in [2.05, 4.69) is 25.2 Å². The summed E-state index contributed by atoms with van der Waals surface area (Å²) in [4.78, 5) is 4.23. The molecule has 0 spiro atoms. The smallest absolute Gasteiger partial charge is 0.387 e. The highest BCUT2D eigenvalue weighted by molar-refractivity contribution is 7.92. The van der Waals surface area contributed by atoms with Crippen LogP contribution in [0.1, 0.15) is 32.0 Å². The predicted octanol–water partition coefficient (Wildman–Crippen LogP) is 4.49. The maximum atomic E-state index is 13.0. The van der Waals surface area contributed by atoms with Crippen molar-refractivity contribution < 1.29 is 21.9 Å². The third-order valence-electron chi connectivity index (χ3n) is 4.57. The summed E-state index contributed by atoms with van der Waals surface area (Å²) in [6, 6.07) is 5.64. The number of sulfone groups is 1. The molecule has 3 aromatic rings. The molecule has 0 bridgehead atoms. The first kappa shape index (κ1) is 21.0. The molecule has 1 aromatic carbocycles. The second-order valence-corrected chi connectivity index (χ2v) is 10.3. The summed E-state index contributed by atoms with van der Waals surface area (Å²) >= 11 is 0. The van der Waals surface area contributed by atoms with E-state index in [1.165, 1.54) is 18.2 Å². The first-order valence-electron chi connectivity index (χ1n) is 8.83. The first-order valence-corrected chi connectivity index (χ1v) is 10.3. The Kier molecular flexibility index (Phi) is 5.24.